The number of esters is 1. The van der Waals surface area contributed by atoms with Gasteiger partial charge in [0.15, 0.2) is 5.69 Å². The molecule has 0 aliphatic rings. The molecule has 118 valence electrons. The van der Waals surface area contributed by atoms with E-state index in [0.29, 0.717) is 12.1 Å². The minimum atomic E-state index is -0.488. The Morgan fingerprint density at radius 1 is 1.35 bits per heavy atom. The fraction of sp³-hybridized carbons (Fsp3) is 0.188. The van der Waals surface area contributed by atoms with Crippen molar-refractivity contribution in [1.82, 2.24) is 20.0 Å². The molecular weight excluding hydrogens is 299 g/mol. The maximum Gasteiger partial charge on any atom is 0.358 e. The van der Waals surface area contributed by atoms with Crippen LogP contribution in [0.4, 0.5) is 4.39 Å². The first-order valence-electron chi connectivity index (χ1n) is 7.11. The van der Waals surface area contributed by atoms with Gasteiger partial charge >= 0.3 is 5.97 Å². The zero-order valence-corrected chi connectivity index (χ0v) is 12.5. The molecule has 2 heterocycles. The molecule has 2 aromatic heterocycles. The van der Waals surface area contributed by atoms with Gasteiger partial charge in [0, 0.05) is 18.3 Å². The molecule has 23 heavy (non-hydrogen) atoms. The Kier molecular flexibility index (Phi) is 4.18. The summed E-state index contributed by atoms with van der Waals surface area (Å²) in [5.41, 5.74) is 2.63. The molecule has 0 saturated carbocycles. The van der Waals surface area contributed by atoms with Gasteiger partial charge in [0.05, 0.1) is 18.5 Å². The number of aromatic amines is 1. The van der Waals surface area contributed by atoms with Crippen LogP contribution in [0.1, 0.15) is 21.7 Å². The largest absolute Gasteiger partial charge is 0.461 e. The van der Waals surface area contributed by atoms with Crippen LogP contribution in [0.25, 0.3) is 5.69 Å². The van der Waals surface area contributed by atoms with Gasteiger partial charge in [0.2, 0.25) is 0 Å². The molecule has 0 spiro atoms. The lowest BCUT2D eigenvalue weighted by molar-refractivity contribution is 0.0502. The van der Waals surface area contributed by atoms with E-state index in [1.54, 1.807) is 35.3 Å². The number of H-pyrrole nitrogens is 1. The van der Waals surface area contributed by atoms with Crippen molar-refractivity contribution in [2.24, 2.45) is 0 Å². The molecule has 0 saturated heterocycles. The Balaban J connectivity index is 1.67. The molecule has 1 N–H and O–H groups in total. The number of aromatic nitrogens is 4. The first-order chi connectivity index (χ1) is 11.1. The van der Waals surface area contributed by atoms with Gasteiger partial charge in [-0.1, -0.05) is 0 Å². The number of aryl methyl sites for hydroxylation is 1. The zero-order valence-electron chi connectivity index (χ0n) is 12.5. The summed E-state index contributed by atoms with van der Waals surface area (Å²) in [5.74, 6) is -0.810. The summed E-state index contributed by atoms with van der Waals surface area (Å²) in [5, 5.41) is 10.8. The number of nitrogens with zero attached hydrogens (tertiary/aromatic N) is 3. The van der Waals surface area contributed by atoms with Gasteiger partial charge in [-0.05, 0) is 42.8 Å². The quantitative estimate of drug-likeness (QED) is 0.734. The minimum Gasteiger partial charge on any atom is -0.461 e. The first kappa shape index (κ1) is 15.0. The van der Waals surface area contributed by atoms with Gasteiger partial charge in [-0.15, -0.1) is 0 Å². The number of benzene rings is 1. The Morgan fingerprint density at radius 2 is 2.13 bits per heavy atom. The van der Waals surface area contributed by atoms with Crippen LogP contribution in [0.5, 0.6) is 0 Å². The molecule has 7 heteroatoms. The summed E-state index contributed by atoms with van der Waals surface area (Å²) < 4.78 is 19.8. The average molecular weight is 314 g/mol. The van der Waals surface area contributed by atoms with E-state index in [0.717, 1.165) is 11.3 Å². The number of hydrogen-bond donors (Lipinski definition) is 1. The number of ether oxygens (including phenoxy) is 1. The van der Waals surface area contributed by atoms with Gasteiger partial charge in [0.25, 0.3) is 0 Å². The first-order valence-corrected chi connectivity index (χ1v) is 7.11. The third-order valence-corrected chi connectivity index (χ3v) is 3.35. The lowest BCUT2D eigenvalue weighted by Crippen LogP contribution is -2.09. The van der Waals surface area contributed by atoms with Crippen LogP contribution < -0.4 is 0 Å². The number of rotatable bonds is 5. The second-order valence-corrected chi connectivity index (χ2v) is 5.05. The predicted molar refractivity (Wildman–Crippen MR) is 80.8 cm³/mol. The number of nitrogens with one attached hydrogen (secondary N) is 1. The molecule has 3 aromatic rings. The normalized spacial score (nSPS) is 10.7. The standard InChI is InChI=1S/C16H15FN4O2/c1-11-8-15(16(22)23-7-6-12-9-18-19-10-12)20-21(11)14-4-2-13(17)3-5-14/h2-5,8-10H,6-7H2,1H3,(H,18,19). The van der Waals surface area contributed by atoms with E-state index in [1.807, 2.05) is 6.92 Å². The summed E-state index contributed by atoms with van der Waals surface area (Å²) in [4.78, 5) is 12.0. The Morgan fingerprint density at radius 3 is 2.83 bits per heavy atom. The highest BCUT2D eigenvalue weighted by Gasteiger charge is 2.14. The molecule has 0 radical (unpaired) electrons. The summed E-state index contributed by atoms with van der Waals surface area (Å²) in [6.45, 7) is 2.07. The second kappa shape index (κ2) is 6.43. The highest BCUT2D eigenvalue weighted by molar-refractivity contribution is 5.87. The summed E-state index contributed by atoms with van der Waals surface area (Å²) in [6, 6.07) is 7.54. The molecule has 0 atom stereocenters. The SMILES string of the molecule is Cc1cc(C(=O)OCCc2cn[nH]c2)nn1-c1ccc(F)cc1. The smallest absolute Gasteiger partial charge is 0.358 e. The van der Waals surface area contributed by atoms with E-state index >= 15 is 0 Å². The fourth-order valence-electron chi connectivity index (χ4n) is 2.17. The minimum absolute atomic E-state index is 0.221. The van der Waals surface area contributed by atoms with Gasteiger partial charge < -0.3 is 4.74 Å². The molecule has 3 rings (SSSR count). The fourth-order valence-corrected chi connectivity index (χ4v) is 2.17. The van der Waals surface area contributed by atoms with Crippen LogP contribution in [0.3, 0.4) is 0 Å². The molecule has 0 aliphatic carbocycles. The van der Waals surface area contributed by atoms with Crippen LogP contribution in [0.2, 0.25) is 0 Å². The second-order valence-electron chi connectivity index (χ2n) is 5.05. The average Bonchev–Trinajstić information content (AvgIpc) is 3.18. The van der Waals surface area contributed by atoms with Crippen LogP contribution in [0.15, 0.2) is 42.7 Å². The van der Waals surface area contributed by atoms with Crippen LogP contribution in [0, 0.1) is 12.7 Å². The topological polar surface area (TPSA) is 72.8 Å². The Hall–Kier alpha value is -2.96. The number of carbonyl (C=O) groups excluding carboxylic acids is 1. The Labute approximate surface area is 131 Å². The third-order valence-electron chi connectivity index (χ3n) is 3.35. The van der Waals surface area contributed by atoms with Crippen molar-refractivity contribution in [2.45, 2.75) is 13.3 Å². The van der Waals surface area contributed by atoms with E-state index in [-0.39, 0.29) is 18.1 Å². The van der Waals surface area contributed by atoms with Gasteiger partial charge in [-0.3, -0.25) is 5.10 Å². The summed E-state index contributed by atoms with van der Waals surface area (Å²) in [7, 11) is 0. The van der Waals surface area contributed by atoms with Gasteiger partial charge in [-0.25, -0.2) is 13.9 Å². The van der Waals surface area contributed by atoms with Gasteiger partial charge in [-0.2, -0.15) is 10.2 Å². The lowest BCUT2D eigenvalue weighted by atomic mass is 10.3. The number of hydrogen-bond acceptors (Lipinski definition) is 4. The van der Waals surface area contributed by atoms with E-state index in [4.69, 9.17) is 4.74 Å². The molecule has 0 unspecified atom stereocenters. The lowest BCUT2D eigenvalue weighted by Gasteiger charge is -2.03. The molecule has 6 nitrogen and oxygen atoms in total. The van der Waals surface area contributed by atoms with Crippen LogP contribution >= 0.6 is 0 Å². The summed E-state index contributed by atoms with van der Waals surface area (Å²) in [6.07, 6.45) is 4.02. The third kappa shape index (κ3) is 3.45. The van der Waals surface area contributed by atoms with E-state index in [1.165, 1.54) is 12.1 Å². The van der Waals surface area contributed by atoms with Gasteiger partial charge in [0.1, 0.15) is 5.82 Å². The van der Waals surface area contributed by atoms with E-state index in [2.05, 4.69) is 15.3 Å². The maximum absolute atomic E-state index is 13.0. The van der Waals surface area contributed by atoms with E-state index < -0.39 is 5.97 Å². The number of halogens is 1. The summed E-state index contributed by atoms with van der Waals surface area (Å²) >= 11 is 0. The molecule has 0 amide bonds. The maximum atomic E-state index is 13.0. The molecule has 1 aromatic carbocycles. The predicted octanol–water partition coefficient (Wildman–Crippen LogP) is 2.44. The molecule has 0 aliphatic heterocycles. The highest BCUT2D eigenvalue weighted by atomic mass is 19.1. The molecule has 0 fully saturated rings. The van der Waals surface area contributed by atoms with Crippen LogP contribution in [-0.4, -0.2) is 32.6 Å². The molecular formula is C16H15FN4O2. The highest BCUT2D eigenvalue weighted by Crippen LogP contribution is 2.13. The van der Waals surface area contributed by atoms with Crippen molar-refractivity contribution in [1.29, 1.82) is 0 Å². The van der Waals surface area contributed by atoms with Crippen LogP contribution in [-0.2, 0) is 11.2 Å². The van der Waals surface area contributed by atoms with Crippen molar-refractivity contribution in [3.8, 4) is 5.69 Å². The van der Waals surface area contributed by atoms with Crippen molar-refractivity contribution in [3.63, 3.8) is 0 Å². The zero-order chi connectivity index (χ0) is 16.2. The monoisotopic (exact) mass is 314 g/mol. The van der Waals surface area contributed by atoms with Crippen molar-refractivity contribution in [3.05, 3.63) is 65.5 Å². The molecule has 0 bridgehead atoms. The van der Waals surface area contributed by atoms with E-state index in [9.17, 15) is 9.18 Å². The van der Waals surface area contributed by atoms with Crippen molar-refractivity contribution >= 4 is 5.97 Å². The van der Waals surface area contributed by atoms with Crippen molar-refractivity contribution in [2.75, 3.05) is 6.61 Å². The number of carbonyl (C=O) groups is 1. The van der Waals surface area contributed by atoms with Crippen molar-refractivity contribution < 1.29 is 13.9 Å². The Bertz CT molecular complexity index is 794.